The number of aromatic amines is 2. The fourth-order valence-corrected chi connectivity index (χ4v) is 0.778. The fraction of sp³-hybridized carbons (Fsp3) is 0.400. The topological polar surface area (TPSA) is 109 Å². The quantitative estimate of drug-likeness (QED) is 0.328. The molecule has 0 spiro atoms. The Bertz CT molecular complexity index is 287. The smallest absolute Gasteiger partial charge is 0.323 e. The Morgan fingerprint density at radius 3 is 2.36 bits per heavy atom. The van der Waals surface area contributed by atoms with Crippen molar-refractivity contribution in [2.45, 2.75) is 12.9 Å². The van der Waals surface area contributed by atoms with E-state index >= 15 is 0 Å². The first kappa shape index (κ1) is 7.99. The van der Waals surface area contributed by atoms with E-state index in [1.807, 2.05) is 0 Å². The Morgan fingerprint density at radius 2 is 2.00 bits per heavy atom. The van der Waals surface area contributed by atoms with Crippen molar-refractivity contribution in [3.05, 3.63) is 21.9 Å². The molecule has 0 bridgehead atoms. The average Bonchev–Trinajstić information content (AvgIpc) is 2.30. The molecule has 0 aliphatic heterocycles. The number of aliphatic hydroxyl groups is 3. The third-order valence-electron chi connectivity index (χ3n) is 1.25. The zero-order valence-corrected chi connectivity index (χ0v) is 5.53. The Morgan fingerprint density at radius 1 is 1.36 bits per heavy atom. The van der Waals surface area contributed by atoms with Crippen LogP contribution in [0.3, 0.4) is 0 Å². The predicted octanol–water partition coefficient (Wildman–Crippen LogP) is -1.82. The summed E-state index contributed by atoms with van der Waals surface area (Å²) in [4.78, 5) is 14.8. The van der Waals surface area contributed by atoms with Gasteiger partial charge in [-0.15, -0.1) is 0 Å². The summed E-state index contributed by atoms with van der Waals surface area (Å²) in [5, 5.41) is 25.8. The van der Waals surface area contributed by atoms with E-state index in [-0.39, 0.29) is 11.4 Å². The molecule has 62 valence electrons. The summed E-state index contributed by atoms with van der Waals surface area (Å²) in [5.74, 6) is 0. The summed E-state index contributed by atoms with van der Waals surface area (Å²) in [6.45, 7) is -0.439. The number of hydrogen-bond donors (Lipinski definition) is 5. The number of aromatic nitrogens is 2. The van der Waals surface area contributed by atoms with Crippen LogP contribution in [0.2, 0.25) is 0 Å². The normalized spacial score (nSPS) is 10.9. The van der Waals surface area contributed by atoms with Crippen molar-refractivity contribution in [3.8, 4) is 0 Å². The molecule has 1 heterocycles. The van der Waals surface area contributed by atoms with Crippen LogP contribution in [-0.4, -0.2) is 25.3 Å². The van der Waals surface area contributed by atoms with Gasteiger partial charge in [0.15, 0.2) is 6.29 Å². The minimum absolute atomic E-state index is 0.0880. The molecule has 6 heteroatoms. The van der Waals surface area contributed by atoms with E-state index in [0.717, 1.165) is 0 Å². The molecule has 0 aliphatic rings. The Kier molecular flexibility index (Phi) is 2.08. The van der Waals surface area contributed by atoms with Crippen LogP contribution in [0.15, 0.2) is 4.79 Å². The molecule has 0 aromatic carbocycles. The van der Waals surface area contributed by atoms with Gasteiger partial charge >= 0.3 is 5.69 Å². The van der Waals surface area contributed by atoms with Gasteiger partial charge in [0.1, 0.15) is 0 Å². The first-order valence-corrected chi connectivity index (χ1v) is 2.93. The summed E-state index contributed by atoms with van der Waals surface area (Å²) < 4.78 is 0. The zero-order valence-electron chi connectivity index (χ0n) is 5.53. The molecule has 11 heavy (non-hydrogen) atoms. The van der Waals surface area contributed by atoms with E-state index in [0.29, 0.717) is 0 Å². The van der Waals surface area contributed by atoms with Gasteiger partial charge in [-0.25, -0.2) is 4.79 Å². The summed E-state index contributed by atoms with van der Waals surface area (Å²) >= 11 is 0. The maximum atomic E-state index is 10.5. The lowest BCUT2D eigenvalue weighted by molar-refractivity contribution is -0.0469. The van der Waals surface area contributed by atoms with Gasteiger partial charge in [0, 0.05) is 0 Å². The number of aliphatic hydroxyl groups excluding tert-OH is 2. The zero-order chi connectivity index (χ0) is 8.43. The lowest BCUT2D eigenvalue weighted by Crippen LogP contribution is -2.03. The lowest BCUT2D eigenvalue weighted by atomic mass is 10.3. The average molecular weight is 160 g/mol. The van der Waals surface area contributed by atoms with Gasteiger partial charge in [0.2, 0.25) is 0 Å². The van der Waals surface area contributed by atoms with Crippen LogP contribution in [0.4, 0.5) is 0 Å². The third-order valence-corrected chi connectivity index (χ3v) is 1.25. The lowest BCUT2D eigenvalue weighted by Gasteiger charge is -2.00. The highest BCUT2D eigenvalue weighted by Gasteiger charge is 2.11. The van der Waals surface area contributed by atoms with Crippen molar-refractivity contribution in [2.24, 2.45) is 0 Å². The number of imidazole rings is 1. The predicted molar refractivity (Wildman–Crippen MR) is 34.5 cm³/mol. The van der Waals surface area contributed by atoms with Crippen LogP contribution in [0.5, 0.6) is 0 Å². The van der Waals surface area contributed by atoms with Crippen LogP contribution in [0.1, 0.15) is 17.7 Å². The molecule has 0 radical (unpaired) electrons. The van der Waals surface area contributed by atoms with E-state index < -0.39 is 18.6 Å². The molecular formula is C5H8N2O4. The van der Waals surface area contributed by atoms with Crippen LogP contribution in [-0.2, 0) is 6.61 Å². The second-order valence-corrected chi connectivity index (χ2v) is 2.00. The van der Waals surface area contributed by atoms with E-state index in [1.165, 1.54) is 0 Å². The molecule has 1 rings (SSSR count). The van der Waals surface area contributed by atoms with Gasteiger partial charge in [-0.05, 0) is 0 Å². The van der Waals surface area contributed by atoms with Crippen LogP contribution < -0.4 is 5.69 Å². The molecule has 0 saturated carbocycles. The molecule has 5 N–H and O–H groups in total. The van der Waals surface area contributed by atoms with Crippen molar-refractivity contribution in [3.63, 3.8) is 0 Å². The minimum atomic E-state index is -1.77. The number of nitrogens with one attached hydrogen (secondary N) is 2. The maximum Gasteiger partial charge on any atom is 0.323 e. The number of rotatable bonds is 2. The minimum Gasteiger partial charge on any atom is -0.390 e. The molecular weight excluding hydrogens is 152 g/mol. The number of H-pyrrole nitrogens is 2. The Balaban J connectivity index is 3.12. The molecule has 6 nitrogen and oxygen atoms in total. The maximum absolute atomic E-state index is 10.5. The fourth-order valence-electron chi connectivity index (χ4n) is 0.778. The molecule has 0 fully saturated rings. The van der Waals surface area contributed by atoms with Crippen molar-refractivity contribution in [1.29, 1.82) is 0 Å². The molecule has 1 aromatic heterocycles. The Hall–Kier alpha value is -1.11. The summed E-state index contributed by atoms with van der Waals surface area (Å²) in [6.07, 6.45) is -1.77. The molecule has 0 unspecified atom stereocenters. The van der Waals surface area contributed by atoms with Crippen molar-refractivity contribution >= 4 is 0 Å². The van der Waals surface area contributed by atoms with E-state index in [4.69, 9.17) is 15.3 Å². The van der Waals surface area contributed by atoms with E-state index in [9.17, 15) is 4.79 Å². The van der Waals surface area contributed by atoms with Gasteiger partial charge in [0.05, 0.1) is 18.0 Å². The van der Waals surface area contributed by atoms with Gasteiger partial charge in [-0.3, -0.25) is 0 Å². The highest BCUT2D eigenvalue weighted by molar-refractivity contribution is 5.10. The van der Waals surface area contributed by atoms with Gasteiger partial charge in [-0.1, -0.05) is 0 Å². The first-order valence-electron chi connectivity index (χ1n) is 2.93. The first-order chi connectivity index (χ1) is 5.15. The van der Waals surface area contributed by atoms with Crippen LogP contribution in [0.25, 0.3) is 0 Å². The van der Waals surface area contributed by atoms with Gasteiger partial charge in [-0.2, -0.15) is 0 Å². The summed E-state index contributed by atoms with van der Waals surface area (Å²) in [6, 6.07) is 0. The van der Waals surface area contributed by atoms with E-state index in [2.05, 4.69) is 9.97 Å². The molecule has 1 aromatic rings. The van der Waals surface area contributed by atoms with Crippen molar-refractivity contribution in [1.82, 2.24) is 9.97 Å². The van der Waals surface area contributed by atoms with Gasteiger partial charge < -0.3 is 25.3 Å². The van der Waals surface area contributed by atoms with Crippen molar-refractivity contribution in [2.75, 3.05) is 0 Å². The molecule has 0 saturated heterocycles. The van der Waals surface area contributed by atoms with Crippen molar-refractivity contribution < 1.29 is 15.3 Å². The molecule has 0 atom stereocenters. The Labute approximate surface area is 61.1 Å². The highest BCUT2D eigenvalue weighted by Crippen LogP contribution is 2.07. The summed E-state index contributed by atoms with van der Waals surface area (Å²) in [7, 11) is 0. The van der Waals surface area contributed by atoms with E-state index in [1.54, 1.807) is 0 Å². The van der Waals surface area contributed by atoms with Crippen LogP contribution >= 0.6 is 0 Å². The molecule has 0 aliphatic carbocycles. The number of hydrogen-bond acceptors (Lipinski definition) is 4. The SMILES string of the molecule is O=c1[nH]c(CO)c(C(O)O)[nH]1. The third kappa shape index (κ3) is 1.48. The molecule has 0 amide bonds. The van der Waals surface area contributed by atoms with Gasteiger partial charge in [0.25, 0.3) is 0 Å². The second-order valence-electron chi connectivity index (χ2n) is 2.00. The van der Waals surface area contributed by atoms with Crippen LogP contribution in [0, 0.1) is 0 Å². The largest absolute Gasteiger partial charge is 0.390 e. The summed E-state index contributed by atoms with van der Waals surface area (Å²) in [5.41, 5.74) is -0.584. The monoisotopic (exact) mass is 160 g/mol. The second kappa shape index (κ2) is 2.87. The standard InChI is InChI=1S/C5H8N2O4/c8-1-2-3(4(9)10)7-5(11)6-2/h4,8-10H,1H2,(H2,6,7,11). The highest BCUT2D eigenvalue weighted by atomic mass is 16.5.